The van der Waals surface area contributed by atoms with E-state index in [-0.39, 0.29) is 13.3 Å². The Morgan fingerprint density at radius 1 is 1.29 bits per heavy atom. The van der Waals surface area contributed by atoms with Crippen molar-refractivity contribution in [2.75, 3.05) is 13.6 Å². The van der Waals surface area contributed by atoms with Gasteiger partial charge in [0.25, 0.3) is 0 Å². The van der Waals surface area contributed by atoms with Crippen LogP contribution in [0.2, 0.25) is 0 Å². The quantitative estimate of drug-likeness (QED) is 0.721. The van der Waals surface area contributed by atoms with Crippen LogP contribution in [0, 0.1) is 0 Å². The second-order valence-corrected chi connectivity index (χ2v) is 3.07. The minimum absolute atomic E-state index is 0. The molecule has 2 nitrogen and oxygen atoms in total. The Hall–Kier alpha value is -1.31. The molecule has 0 bridgehead atoms. The maximum absolute atomic E-state index is 11.5. The fourth-order valence-electron chi connectivity index (χ4n) is 1.08. The highest BCUT2D eigenvalue weighted by atomic mass is 16.2. The third kappa shape index (κ3) is 3.60. The lowest BCUT2D eigenvalue weighted by atomic mass is 10.1. The summed E-state index contributed by atoms with van der Waals surface area (Å²) in [6.07, 6.45) is 0.505. The van der Waals surface area contributed by atoms with Gasteiger partial charge in [-0.3, -0.25) is 4.79 Å². The molecule has 0 aromatic heterocycles. The molecule has 0 fully saturated rings. The van der Waals surface area contributed by atoms with Gasteiger partial charge in [0.2, 0.25) is 5.91 Å². The van der Waals surface area contributed by atoms with Crippen LogP contribution >= 0.6 is 0 Å². The van der Waals surface area contributed by atoms with E-state index in [2.05, 4.69) is 0 Å². The monoisotopic (exact) mass is 193 g/mol. The van der Waals surface area contributed by atoms with Crippen molar-refractivity contribution in [2.24, 2.45) is 0 Å². The maximum atomic E-state index is 11.5. The Morgan fingerprint density at radius 3 is 2.36 bits per heavy atom. The van der Waals surface area contributed by atoms with Crippen LogP contribution < -0.4 is 0 Å². The Morgan fingerprint density at radius 2 is 1.86 bits per heavy atom. The summed E-state index contributed by atoms with van der Waals surface area (Å²) in [5, 5.41) is 0. The van der Waals surface area contributed by atoms with Crippen LogP contribution in [-0.2, 0) is 11.2 Å². The van der Waals surface area contributed by atoms with Crippen molar-refractivity contribution in [1.82, 2.24) is 4.90 Å². The molecule has 0 saturated heterocycles. The van der Waals surface area contributed by atoms with Crippen molar-refractivity contribution in [1.29, 1.82) is 0 Å². The van der Waals surface area contributed by atoms with Crippen LogP contribution in [0.1, 0.15) is 19.9 Å². The average molecular weight is 193 g/mol. The molecule has 1 aromatic carbocycles. The number of likely N-dealkylation sites (N-methyl/N-ethyl adjacent to an activating group) is 1. The van der Waals surface area contributed by atoms with E-state index in [1.54, 1.807) is 4.90 Å². The predicted octanol–water partition coefficient (Wildman–Crippen LogP) is 2.34. The lowest BCUT2D eigenvalue weighted by molar-refractivity contribution is -0.128. The largest absolute Gasteiger partial charge is 0.346 e. The summed E-state index contributed by atoms with van der Waals surface area (Å²) in [5.41, 5.74) is 1.08. The predicted molar refractivity (Wildman–Crippen MR) is 60.2 cm³/mol. The van der Waals surface area contributed by atoms with Crippen molar-refractivity contribution in [3.05, 3.63) is 35.9 Å². The van der Waals surface area contributed by atoms with E-state index < -0.39 is 0 Å². The Labute approximate surface area is 86.5 Å². The number of rotatable bonds is 3. The molecule has 14 heavy (non-hydrogen) atoms. The molecule has 1 aromatic rings. The van der Waals surface area contributed by atoms with Gasteiger partial charge in [-0.05, 0) is 12.5 Å². The number of nitrogens with zero attached hydrogens (tertiary/aromatic N) is 1. The van der Waals surface area contributed by atoms with Gasteiger partial charge in [-0.15, -0.1) is 0 Å². The van der Waals surface area contributed by atoms with Crippen LogP contribution in [0.25, 0.3) is 0 Å². The molecule has 1 rings (SSSR count). The van der Waals surface area contributed by atoms with E-state index >= 15 is 0 Å². The number of benzene rings is 1. The average Bonchev–Trinajstić information content (AvgIpc) is 2.18. The normalized spacial score (nSPS) is 9.00. The van der Waals surface area contributed by atoms with Crippen LogP contribution in [0.15, 0.2) is 30.3 Å². The molecule has 0 saturated carbocycles. The standard InChI is InChI=1S/C11H15NO.CH4/c1-3-12(2)11(13)9-10-7-5-4-6-8-10;/h4-8H,3,9H2,1-2H3;1H4. The van der Waals surface area contributed by atoms with Crippen molar-refractivity contribution < 1.29 is 4.79 Å². The fraction of sp³-hybridized carbons (Fsp3) is 0.417. The summed E-state index contributed by atoms with van der Waals surface area (Å²) in [4.78, 5) is 13.2. The first-order valence-corrected chi connectivity index (χ1v) is 4.52. The van der Waals surface area contributed by atoms with Crippen molar-refractivity contribution in [3.63, 3.8) is 0 Å². The smallest absolute Gasteiger partial charge is 0.226 e. The summed E-state index contributed by atoms with van der Waals surface area (Å²) in [7, 11) is 1.82. The van der Waals surface area contributed by atoms with Gasteiger partial charge in [-0.2, -0.15) is 0 Å². The number of carbonyl (C=O) groups is 1. The number of amides is 1. The first kappa shape index (κ1) is 12.7. The van der Waals surface area contributed by atoms with Crippen molar-refractivity contribution >= 4 is 5.91 Å². The number of hydrogen-bond acceptors (Lipinski definition) is 1. The lowest BCUT2D eigenvalue weighted by Gasteiger charge is -2.13. The van der Waals surface area contributed by atoms with Crippen LogP contribution in [-0.4, -0.2) is 24.4 Å². The highest BCUT2D eigenvalue weighted by Crippen LogP contribution is 2.01. The Kier molecular flexibility index (Phi) is 5.61. The van der Waals surface area contributed by atoms with Crippen molar-refractivity contribution in [3.8, 4) is 0 Å². The molecule has 0 radical (unpaired) electrons. The molecule has 0 heterocycles. The fourth-order valence-corrected chi connectivity index (χ4v) is 1.08. The lowest BCUT2D eigenvalue weighted by Crippen LogP contribution is -2.27. The summed E-state index contributed by atoms with van der Waals surface area (Å²) in [6, 6.07) is 9.81. The zero-order valence-electron chi connectivity index (χ0n) is 8.16. The topological polar surface area (TPSA) is 20.3 Å². The summed E-state index contributed by atoms with van der Waals surface area (Å²) >= 11 is 0. The highest BCUT2D eigenvalue weighted by Gasteiger charge is 2.06. The molecule has 0 N–H and O–H groups in total. The summed E-state index contributed by atoms with van der Waals surface area (Å²) in [6.45, 7) is 2.74. The molecule has 0 spiro atoms. The molecular formula is C12H19NO. The zero-order chi connectivity index (χ0) is 9.68. The van der Waals surface area contributed by atoms with E-state index in [4.69, 9.17) is 0 Å². The van der Waals surface area contributed by atoms with Gasteiger partial charge in [0, 0.05) is 13.6 Å². The molecule has 1 amide bonds. The third-order valence-electron chi connectivity index (χ3n) is 2.10. The van der Waals surface area contributed by atoms with E-state index in [1.807, 2.05) is 44.3 Å². The van der Waals surface area contributed by atoms with Crippen LogP contribution in [0.4, 0.5) is 0 Å². The maximum Gasteiger partial charge on any atom is 0.226 e. The second kappa shape index (κ2) is 6.19. The Bertz CT molecular complexity index is 269. The van der Waals surface area contributed by atoms with E-state index in [9.17, 15) is 4.79 Å². The molecular weight excluding hydrogens is 174 g/mol. The molecule has 0 aliphatic rings. The molecule has 0 aliphatic carbocycles. The zero-order valence-corrected chi connectivity index (χ0v) is 8.16. The minimum atomic E-state index is 0. The number of hydrogen-bond donors (Lipinski definition) is 0. The highest BCUT2D eigenvalue weighted by molar-refractivity contribution is 5.78. The van der Waals surface area contributed by atoms with Gasteiger partial charge in [0.05, 0.1) is 6.42 Å². The van der Waals surface area contributed by atoms with Gasteiger partial charge in [0.1, 0.15) is 0 Å². The minimum Gasteiger partial charge on any atom is -0.346 e. The molecule has 2 heteroatoms. The SMILES string of the molecule is C.CCN(C)C(=O)Cc1ccccc1. The van der Waals surface area contributed by atoms with E-state index in [0.717, 1.165) is 12.1 Å². The molecule has 0 unspecified atom stereocenters. The molecule has 0 aliphatic heterocycles. The van der Waals surface area contributed by atoms with Gasteiger partial charge in [0.15, 0.2) is 0 Å². The Balaban J connectivity index is 0.00000169. The third-order valence-corrected chi connectivity index (χ3v) is 2.10. The van der Waals surface area contributed by atoms with Crippen molar-refractivity contribution in [2.45, 2.75) is 20.8 Å². The van der Waals surface area contributed by atoms with Gasteiger partial charge in [-0.25, -0.2) is 0 Å². The van der Waals surface area contributed by atoms with Crippen LogP contribution in [0.5, 0.6) is 0 Å². The summed E-state index contributed by atoms with van der Waals surface area (Å²) < 4.78 is 0. The second-order valence-electron chi connectivity index (χ2n) is 3.07. The summed E-state index contributed by atoms with van der Waals surface area (Å²) in [5.74, 6) is 0.175. The first-order valence-electron chi connectivity index (χ1n) is 4.52. The van der Waals surface area contributed by atoms with Crippen LogP contribution in [0.3, 0.4) is 0 Å². The van der Waals surface area contributed by atoms with Gasteiger partial charge >= 0.3 is 0 Å². The molecule has 78 valence electrons. The van der Waals surface area contributed by atoms with E-state index in [0.29, 0.717) is 6.42 Å². The first-order chi connectivity index (χ1) is 6.24. The van der Waals surface area contributed by atoms with Gasteiger partial charge in [-0.1, -0.05) is 37.8 Å². The number of carbonyl (C=O) groups excluding carboxylic acids is 1. The van der Waals surface area contributed by atoms with E-state index in [1.165, 1.54) is 0 Å². The molecule has 0 atom stereocenters. The van der Waals surface area contributed by atoms with Gasteiger partial charge < -0.3 is 4.90 Å².